The summed E-state index contributed by atoms with van der Waals surface area (Å²) < 4.78 is 10.6. The van der Waals surface area contributed by atoms with E-state index >= 15 is 0 Å². The van der Waals surface area contributed by atoms with Gasteiger partial charge in [-0.05, 0) is 19.3 Å². The molecule has 0 aliphatic carbocycles. The van der Waals surface area contributed by atoms with Crippen LogP contribution in [-0.2, 0) is 30.3 Å². The molecule has 1 rings (SSSR count). The number of unbranched alkanes of at least 4 members (excludes halogenated alkanes) is 11. The number of carboxylic acids is 1. The predicted molar refractivity (Wildman–Crippen MR) is 147 cm³/mol. The maximum Gasteiger partial charge on any atom is 0.326 e. The molecule has 2 amide bonds. The van der Waals surface area contributed by atoms with E-state index in [1.54, 1.807) is 0 Å². The summed E-state index contributed by atoms with van der Waals surface area (Å²) in [5, 5.41) is 28.4. The monoisotopic (exact) mass is 554 g/mol. The van der Waals surface area contributed by atoms with Crippen molar-refractivity contribution in [2.75, 3.05) is 33.0 Å². The minimum absolute atomic E-state index is 0.0434. The molecule has 0 saturated heterocycles. The van der Waals surface area contributed by atoms with Crippen LogP contribution >= 0.6 is 0 Å². The lowest BCUT2D eigenvalue weighted by molar-refractivity contribution is -0.142. The summed E-state index contributed by atoms with van der Waals surface area (Å²) in [4.78, 5) is 34.9. The number of amides is 2. The maximum atomic E-state index is 11.9. The van der Waals surface area contributed by atoms with Gasteiger partial charge in [0.05, 0.1) is 19.8 Å². The molecule has 1 aromatic heterocycles. The fourth-order valence-corrected chi connectivity index (χ4v) is 4.09. The summed E-state index contributed by atoms with van der Waals surface area (Å²) >= 11 is 0. The molecule has 224 valence electrons. The largest absolute Gasteiger partial charge is 0.480 e. The van der Waals surface area contributed by atoms with Crippen molar-refractivity contribution in [3.8, 4) is 0 Å². The number of tetrazole rings is 1. The van der Waals surface area contributed by atoms with Crippen LogP contribution in [0, 0.1) is 0 Å². The lowest BCUT2D eigenvalue weighted by Crippen LogP contribution is -2.42. The number of H-pyrrole nitrogens is 1. The quantitative estimate of drug-likeness (QED) is 0.119. The Hall–Kier alpha value is -2.60. The van der Waals surface area contributed by atoms with Gasteiger partial charge in [-0.15, -0.1) is 10.2 Å². The number of aliphatic carboxylic acids is 1. The van der Waals surface area contributed by atoms with Crippen molar-refractivity contribution in [3.63, 3.8) is 0 Å². The number of aromatic nitrogens is 4. The number of carboxylic acid groups (broad SMARTS) is 1. The van der Waals surface area contributed by atoms with Crippen LogP contribution in [0.25, 0.3) is 0 Å². The standard InChI is InChI=1S/C27H50N6O6/c1-2-3-15-23(27(36)37)29-26(35)22-39-21-20-38-19-18-28-25(34)17-14-12-10-8-6-4-5-7-9-11-13-16-24-30-32-33-31-24/h23H,2-22H2,1H3,(H,28,34)(H,29,35)(H,36,37)(H,30,31,32,33). The van der Waals surface area contributed by atoms with E-state index in [9.17, 15) is 14.4 Å². The van der Waals surface area contributed by atoms with Gasteiger partial charge in [0.25, 0.3) is 0 Å². The molecule has 0 aromatic carbocycles. The molecule has 0 saturated carbocycles. The van der Waals surface area contributed by atoms with Crippen LogP contribution in [0.3, 0.4) is 0 Å². The number of aryl methyl sites for hydroxylation is 1. The van der Waals surface area contributed by atoms with Crippen molar-refractivity contribution in [2.24, 2.45) is 0 Å². The van der Waals surface area contributed by atoms with Gasteiger partial charge in [-0.3, -0.25) is 9.59 Å². The van der Waals surface area contributed by atoms with Gasteiger partial charge in [0.2, 0.25) is 11.8 Å². The molecule has 1 aromatic rings. The lowest BCUT2D eigenvalue weighted by Gasteiger charge is -2.14. The lowest BCUT2D eigenvalue weighted by atomic mass is 10.0. The molecule has 1 atom stereocenters. The van der Waals surface area contributed by atoms with E-state index in [0.29, 0.717) is 32.6 Å². The Morgan fingerprint density at radius 2 is 1.49 bits per heavy atom. The zero-order valence-corrected chi connectivity index (χ0v) is 23.8. The molecule has 4 N–H and O–H groups in total. The van der Waals surface area contributed by atoms with Crippen LogP contribution in [0.1, 0.15) is 109 Å². The highest BCUT2D eigenvalue weighted by molar-refractivity contribution is 5.84. The summed E-state index contributed by atoms with van der Waals surface area (Å²) in [6.07, 6.45) is 16.6. The number of hydrogen-bond acceptors (Lipinski definition) is 8. The van der Waals surface area contributed by atoms with Gasteiger partial charge < -0.3 is 25.2 Å². The van der Waals surface area contributed by atoms with Crippen molar-refractivity contribution >= 4 is 17.8 Å². The number of ether oxygens (including phenoxy) is 2. The minimum atomic E-state index is -1.04. The summed E-state index contributed by atoms with van der Waals surface area (Å²) in [5.74, 6) is -0.643. The number of carbonyl (C=O) groups is 3. The van der Waals surface area contributed by atoms with Crippen molar-refractivity contribution in [3.05, 3.63) is 5.82 Å². The van der Waals surface area contributed by atoms with Crippen LogP contribution in [0.2, 0.25) is 0 Å². The second-order valence-corrected chi connectivity index (χ2v) is 9.83. The predicted octanol–water partition coefficient (Wildman–Crippen LogP) is 3.33. The van der Waals surface area contributed by atoms with E-state index in [-0.39, 0.29) is 19.1 Å². The Morgan fingerprint density at radius 1 is 0.846 bits per heavy atom. The van der Waals surface area contributed by atoms with Crippen molar-refractivity contribution in [1.82, 2.24) is 31.3 Å². The van der Waals surface area contributed by atoms with Gasteiger partial charge >= 0.3 is 5.97 Å². The third kappa shape index (κ3) is 21.0. The van der Waals surface area contributed by atoms with Gasteiger partial charge in [-0.2, -0.15) is 5.21 Å². The van der Waals surface area contributed by atoms with E-state index in [4.69, 9.17) is 14.6 Å². The number of nitrogens with one attached hydrogen (secondary N) is 3. The Bertz CT molecular complexity index is 749. The number of nitrogens with zero attached hydrogens (tertiary/aromatic N) is 3. The number of carbonyl (C=O) groups excluding carboxylic acids is 2. The highest BCUT2D eigenvalue weighted by Gasteiger charge is 2.18. The van der Waals surface area contributed by atoms with Crippen LogP contribution < -0.4 is 10.6 Å². The topological polar surface area (TPSA) is 168 Å². The van der Waals surface area contributed by atoms with Gasteiger partial charge in [0.1, 0.15) is 12.6 Å². The second kappa shape index (κ2) is 24.4. The molecule has 0 aliphatic rings. The first kappa shape index (κ1) is 34.4. The molecule has 39 heavy (non-hydrogen) atoms. The average molecular weight is 555 g/mol. The molecule has 0 bridgehead atoms. The number of aromatic amines is 1. The minimum Gasteiger partial charge on any atom is -0.480 e. The van der Waals surface area contributed by atoms with Gasteiger partial charge in [0, 0.05) is 19.4 Å². The molecule has 1 heterocycles. The summed E-state index contributed by atoms with van der Waals surface area (Å²) in [6, 6.07) is -0.882. The molecular weight excluding hydrogens is 504 g/mol. The number of rotatable bonds is 27. The van der Waals surface area contributed by atoms with Crippen LogP contribution in [0.4, 0.5) is 0 Å². The smallest absolute Gasteiger partial charge is 0.326 e. The zero-order valence-electron chi connectivity index (χ0n) is 23.8. The van der Waals surface area contributed by atoms with E-state index < -0.39 is 17.9 Å². The normalized spacial score (nSPS) is 11.8. The molecule has 1 unspecified atom stereocenters. The Morgan fingerprint density at radius 3 is 2.10 bits per heavy atom. The van der Waals surface area contributed by atoms with Crippen LogP contribution in [0.15, 0.2) is 0 Å². The van der Waals surface area contributed by atoms with Crippen LogP contribution in [0.5, 0.6) is 0 Å². The van der Waals surface area contributed by atoms with Crippen molar-refractivity contribution in [2.45, 2.75) is 116 Å². The number of hydrogen-bond donors (Lipinski definition) is 4. The first-order valence-corrected chi connectivity index (χ1v) is 14.7. The molecular formula is C27H50N6O6. The molecule has 0 fully saturated rings. The van der Waals surface area contributed by atoms with Crippen molar-refractivity contribution in [1.29, 1.82) is 0 Å². The third-order valence-electron chi connectivity index (χ3n) is 6.35. The van der Waals surface area contributed by atoms with E-state index in [1.165, 1.54) is 51.4 Å². The SMILES string of the molecule is CCCCC(NC(=O)COCCOCCNC(=O)CCCCCCCCCCCCCc1nn[nH]n1)C(=O)O. The summed E-state index contributed by atoms with van der Waals surface area (Å²) in [5.41, 5.74) is 0. The fourth-order valence-electron chi connectivity index (χ4n) is 4.09. The molecule has 12 nitrogen and oxygen atoms in total. The zero-order chi connectivity index (χ0) is 28.4. The van der Waals surface area contributed by atoms with E-state index in [1.807, 2.05) is 6.92 Å². The van der Waals surface area contributed by atoms with Crippen molar-refractivity contribution < 1.29 is 29.0 Å². The summed E-state index contributed by atoms with van der Waals surface area (Å²) in [6.45, 7) is 3.08. The van der Waals surface area contributed by atoms with Gasteiger partial charge in [-0.1, -0.05) is 82.8 Å². The first-order chi connectivity index (χ1) is 19.0. The van der Waals surface area contributed by atoms with E-state index in [2.05, 4.69) is 31.3 Å². The highest BCUT2D eigenvalue weighted by atomic mass is 16.5. The third-order valence-corrected chi connectivity index (χ3v) is 6.35. The molecule has 0 aliphatic heterocycles. The Kier molecular flexibility index (Phi) is 21.6. The van der Waals surface area contributed by atoms with Gasteiger partial charge in [-0.25, -0.2) is 4.79 Å². The molecule has 12 heteroatoms. The highest BCUT2D eigenvalue weighted by Crippen LogP contribution is 2.12. The Labute approximate surface area is 232 Å². The average Bonchev–Trinajstić information content (AvgIpc) is 3.44. The first-order valence-electron chi connectivity index (χ1n) is 14.7. The fraction of sp³-hybridized carbons (Fsp3) is 0.852. The maximum absolute atomic E-state index is 11.9. The van der Waals surface area contributed by atoms with Gasteiger partial charge in [0.15, 0.2) is 5.82 Å². The summed E-state index contributed by atoms with van der Waals surface area (Å²) in [7, 11) is 0. The Balaban J connectivity index is 1.80. The van der Waals surface area contributed by atoms with Crippen LogP contribution in [-0.4, -0.2) is 82.5 Å². The molecule has 0 spiro atoms. The second-order valence-electron chi connectivity index (χ2n) is 9.83. The van der Waals surface area contributed by atoms with E-state index in [0.717, 1.165) is 44.3 Å². The molecule has 0 radical (unpaired) electrons.